The fourth-order valence-electron chi connectivity index (χ4n) is 4.90. The van der Waals surface area contributed by atoms with Crippen LogP contribution < -0.4 is 10.6 Å². The molecular formula is C37H60N2O10. The second kappa shape index (κ2) is 27.6. The van der Waals surface area contributed by atoms with E-state index in [4.69, 9.17) is 23.7 Å². The highest BCUT2D eigenvalue weighted by molar-refractivity contribution is 5.97. The van der Waals surface area contributed by atoms with Gasteiger partial charge in [0, 0.05) is 51.3 Å². The Labute approximate surface area is 292 Å². The molecule has 0 bridgehead atoms. The monoisotopic (exact) mass is 692 g/mol. The van der Waals surface area contributed by atoms with Crippen LogP contribution in [-0.4, -0.2) is 88.7 Å². The van der Waals surface area contributed by atoms with Gasteiger partial charge in [0.05, 0.1) is 52.3 Å². The molecular weight excluding hydrogens is 632 g/mol. The van der Waals surface area contributed by atoms with Crippen LogP contribution in [0, 0.1) is 11.8 Å². The van der Waals surface area contributed by atoms with Crippen molar-refractivity contribution in [2.75, 3.05) is 58.7 Å². The predicted molar refractivity (Wildman–Crippen MR) is 187 cm³/mol. The van der Waals surface area contributed by atoms with Crippen molar-refractivity contribution in [3.05, 3.63) is 29.8 Å². The van der Waals surface area contributed by atoms with Gasteiger partial charge in [-0.3, -0.25) is 24.0 Å². The molecule has 0 aliphatic heterocycles. The summed E-state index contributed by atoms with van der Waals surface area (Å²) in [4.78, 5) is 62.8. The molecule has 0 unspecified atom stereocenters. The van der Waals surface area contributed by atoms with Gasteiger partial charge in [0.2, 0.25) is 11.8 Å². The first-order chi connectivity index (χ1) is 23.6. The first-order valence-electron chi connectivity index (χ1n) is 17.7. The summed E-state index contributed by atoms with van der Waals surface area (Å²) in [6.07, 6.45) is 5.27. The van der Waals surface area contributed by atoms with Gasteiger partial charge < -0.3 is 34.3 Å². The van der Waals surface area contributed by atoms with Gasteiger partial charge in [-0.2, -0.15) is 0 Å². The van der Waals surface area contributed by atoms with Crippen molar-refractivity contribution in [1.29, 1.82) is 0 Å². The van der Waals surface area contributed by atoms with E-state index in [-0.39, 0.29) is 48.3 Å². The summed E-state index contributed by atoms with van der Waals surface area (Å²) < 4.78 is 26.2. The van der Waals surface area contributed by atoms with E-state index >= 15 is 0 Å². The minimum atomic E-state index is -0.674. The average molecular weight is 693 g/mol. The average Bonchev–Trinajstić information content (AvgIpc) is 3.07. The summed E-state index contributed by atoms with van der Waals surface area (Å²) in [5.74, 6) is -1.60. The van der Waals surface area contributed by atoms with E-state index in [1.807, 2.05) is 20.8 Å². The van der Waals surface area contributed by atoms with Crippen LogP contribution >= 0.6 is 0 Å². The first kappa shape index (κ1) is 43.8. The van der Waals surface area contributed by atoms with Crippen molar-refractivity contribution in [3.8, 4) is 0 Å². The maximum atomic E-state index is 13.5. The van der Waals surface area contributed by atoms with Crippen LogP contribution in [0.25, 0.3) is 0 Å². The molecule has 1 rings (SSSR count). The molecule has 49 heavy (non-hydrogen) atoms. The van der Waals surface area contributed by atoms with E-state index in [0.717, 1.165) is 24.8 Å². The Morgan fingerprint density at radius 1 is 0.755 bits per heavy atom. The van der Waals surface area contributed by atoms with E-state index in [2.05, 4.69) is 10.6 Å². The summed E-state index contributed by atoms with van der Waals surface area (Å²) >= 11 is 0. The standard InChI is InChI=1S/C37H60N2O10/c1-6-7-13-35(43)39-36(28(2)3)34(42)26-31(37(44)38-32-16-14-30(15-17-32)27-49-29(4)40)11-9-8-10-12-33(41)18-19-46-22-23-48-25-24-47-21-20-45-5/h14-17,28,31,36H,6-13,18-27H2,1-5H3,(H,38,44)(H,39,43)/t31-,36+/m1/s1. The minimum absolute atomic E-state index is 0.00586. The highest BCUT2D eigenvalue weighted by Crippen LogP contribution is 2.21. The summed E-state index contributed by atoms with van der Waals surface area (Å²) in [5, 5.41) is 5.80. The van der Waals surface area contributed by atoms with E-state index in [1.165, 1.54) is 6.92 Å². The van der Waals surface area contributed by atoms with Gasteiger partial charge in [-0.25, -0.2) is 0 Å². The molecule has 2 amide bonds. The minimum Gasteiger partial charge on any atom is -0.461 e. The molecule has 0 heterocycles. The Morgan fingerprint density at radius 3 is 1.98 bits per heavy atom. The molecule has 1 aromatic carbocycles. The van der Waals surface area contributed by atoms with Crippen LogP contribution in [0.4, 0.5) is 5.69 Å². The van der Waals surface area contributed by atoms with Crippen LogP contribution in [-0.2, 0) is 54.3 Å². The number of unbranched alkanes of at least 4 members (excludes halogenated alkanes) is 3. The topological polar surface area (TPSA) is 156 Å². The van der Waals surface area contributed by atoms with Crippen LogP contribution in [0.1, 0.15) is 97.5 Å². The lowest BCUT2D eigenvalue weighted by atomic mass is 9.88. The van der Waals surface area contributed by atoms with Gasteiger partial charge in [-0.1, -0.05) is 52.2 Å². The Bertz CT molecular complexity index is 1090. The molecule has 0 fully saturated rings. The van der Waals surface area contributed by atoms with Crippen molar-refractivity contribution < 1.29 is 47.7 Å². The Kier molecular flexibility index (Phi) is 24.7. The number of carbonyl (C=O) groups is 5. The lowest BCUT2D eigenvalue weighted by molar-refractivity contribution is -0.142. The normalized spacial score (nSPS) is 12.4. The number of nitrogens with one attached hydrogen (secondary N) is 2. The van der Waals surface area contributed by atoms with Crippen molar-refractivity contribution in [2.45, 2.75) is 105 Å². The van der Waals surface area contributed by atoms with E-state index < -0.39 is 12.0 Å². The number of hydrogen-bond acceptors (Lipinski definition) is 10. The molecule has 278 valence electrons. The zero-order chi connectivity index (χ0) is 36.3. The fraction of sp³-hybridized carbons (Fsp3) is 0.703. The third-order valence-electron chi connectivity index (χ3n) is 7.78. The van der Waals surface area contributed by atoms with Crippen molar-refractivity contribution in [3.63, 3.8) is 0 Å². The third kappa shape index (κ3) is 22.2. The lowest BCUT2D eigenvalue weighted by Gasteiger charge is -2.24. The Morgan fingerprint density at radius 2 is 1.39 bits per heavy atom. The van der Waals surface area contributed by atoms with Crippen LogP contribution in [0.15, 0.2) is 24.3 Å². The summed E-state index contributed by atoms with van der Waals surface area (Å²) in [5.41, 5.74) is 1.35. The maximum Gasteiger partial charge on any atom is 0.302 e. The molecule has 0 aromatic heterocycles. The van der Waals surface area contributed by atoms with E-state index in [0.29, 0.717) is 90.5 Å². The van der Waals surface area contributed by atoms with Crippen LogP contribution in [0.5, 0.6) is 0 Å². The summed E-state index contributed by atoms with van der Waals surface area (Å²) in [6, 6.07) is 6.30. The maximum absolute atomic E-state index is 13.5. The number of ether oxygens (including phenoxy) is 5. The van der Waals surface area contributed by atoms with Gasteiger partial charge in [-0.05, 0) is 42.9 Å². The number of hydrogen-bond donors (Lipinski definition) is 2. The number of ketones is 2. The van der Waals surface area contributed by atoms with Crippen molar-refractivity contribution in [1.82, 2.24) is 5.32 Å². The molecule has 2 atom stereocenters. The number of esters is 1. The molecule has 2 N–H and O–H groups in total. The van der Waals surface area contributed by atoms with E-state index in [1.54, 1.807) is 31.4 Å². The van der Waals surface area contributed by atoms with E-state index in [9.17, 15) is 24.0 Å². The first-order valence-corrected chi connectivity index (χ1v) is 17.7. The Hall–Kier alpha value is -3.19. The predicted octanol–water partition coefficient (Wildman–Crippen LogP) is 5.20. The van der Waals surface area contributed by atoms with Crippen LogP contribution in [0.2, 0.25) is 0 Å². The quantitative estimate of drug-likeness (QED) is 0.0812. The van der Waals surface area contributed by atoms with Gasteiger partial charge >= 0.3 is 5.97 Å². The molecule has 12 nitrogen and oxygen atoms in total. The smallest absolute Gasteiger partial charge is 0.302 e. The zero-order valence-electron chi connectivity index (χ0n) is 30.4. The third-order valence-corrected chi connectivity index (χ3v) is 7.78. The second-order valence-corrected chi connectivity index (χ2v) is 12.4. The molecule has 0 aliphatic rings. The molecule has 0 saturated heterocycles. The number of methoxy groups -OCH3 is 1. The fourth-order valence-corrected chi connectivity index (χ4v) is 4.90. The number of Topliss-reactive ketones (excluding diaryl/α,β-unsaturated/α-hetero) is 2. The van der Waals surface area contributed by atoms with Crippen molar-refractivity contribution in [2.24, 2.45) is 11.8 Å². The highest BCUT2D eigenvalue weighted by atomic mass is 16.6. The number of anilines is 1. The SMILES string of the molecule is CCCCC(=O)N[C@H](C(=O)C[C@@H](CCCCCC(=O)CCOCCOCCOCCOC)C(=O)Nc1ccc(COC(C)=O)cc1)C(C)C. The van der Waals surface area contributed by atoms with Gasteiger partial charge in [0.15, 0.2) is 5.78 Å². The number of carbonyl (C=O) groups excluding carboxylic acids is 5. The van der Waals surface area contributed by atoms with Crippen LogP contribution in [0.3, 0.4) is 0 Å². The van der Waals surface area contributed by atoms with Crippen molar-refractivity contribution >= 4 is 35.0 Å². The largest absolute Gasteiger partial charge is 0.461 e. The Balaban J connectivity index is 2.60. The molecule has 0 radical (unpaired) electrons. The van der Waals surface area contributed by atoms with Gasteiger partial charge in [0.25, 0.3) is 0 Å². The molecule has 1 aromatic rings. The lowest BCUT2D eigenvalue weighted by Crippen LogP contribution is -2.45. The highest BCUT2D eigenvalue weighted by Gasteiger charge is 2.29. The molecule has 12 heteroatoms. The molecule has 0 saturated carbocycles. The zero-order valence-corrected chi connectivity index (χ0v) is 30.4. The molecule has 0 spiro atoms. The number of benzene rings is 1. The number of rotatable bonds is 30. The van der Waals surface area contributed by atoms with Gasteiger partial charge in [-0.15, -0.1) is 0 Å². The summed E-state index contributed by atoms with van der Waals surface area (Å²) in [7, 11) is 1.62. The van der Waals surface area contributed by atoms with Gasteiger partial charge in [0.1, 0.15) is 12.4 Å². The second-order valence-electron chi connectivity index (χ2n) is 12.4. The molecule has 0 aliphatic carbocycles. The summed E-state index contributed by atoms with van der Waals surface area (Å²) in [6.45, 7) is 10.5. The number of amides is 2.